The molecule has 1 nitrogen and oxygen atoms in total. The number of hydrogen-bond acceptors (Lipinski definition) is 1. The highest BCUT2D eigenvalue weighted by Gasteiger charge is 2.06. The largest absolute Gasteiger partial charge is 0.398 e. The molecule has 0 aliphatic rings. The van der Waals surface area contributed by atoms with Gasteiger partial charge in [0.05, 0.1) is 5.02 Å². The summed E-state index contributed by atoms with van der Waals surface area (Å²) < 4.78 is 25.8. The average molecular weight is 240 g/mol. The zero-order valence-electron chi connectivity index (χ0n) is 8.18. The average Bonchev–Trinajstić information content (AvgIpc) is 2.22. The van der Waals surface area contributed by atoms with Gasteiger partial charge in [0.1, 0.15) is 11.6 Å². The van der Waals surface area contributed by atoms with Crippen LogP contribution >= 0.6 is 11.6 Å². The summed E-state index contributed by atoms with van der Waals surface area (Å²) in [4.78, 5) is 0. The zero-order chi connectivity index (χ0) is 11.7. The van der Waals surface area contributed by atoms with Crippen LogP contribution in [0, 0.1) is 11.6 Å². The van der Waals surface area contributed by atoms with E-state index in [1.165, 1.54) is 30.3 Å². The van der Waals surface area contributed by atoms with Crippen LogP contribution in [0.1, 0.15) is 0 Å². The fourth-order valence-corrected chi connectivity index (χ4v) is 1.64. The monoisotopic (exact) mass is 239 g/mol. The van der Waals surface area contributed by atoms with Crippen molar-refractivity contribution >= 4 is 17.3 Å². The quantitative estimate of drug-likeness (QED) is 0.751. The summed E-state index contributed by atoms with van der Waals surface area (Å²) in [6.45, 7) is 0. The summed E-state index contributed by atoms with van der Waals surface area (Å²) in [6, 6.07) is 8.30. The number of halogens is 3. The predicted octanol–water partition coefficient (Wildman–Crippen LogP) is 3.87. The molecule has 0 saturated heterocycles. The summed E-state index contributed by atoms with van der Waals surface area (Å²) in [5.41, 5.74) is 7.24. The van der Waals surface area contributed by atoms with Crippen LogP contribution in [0.15, 0.2) is 36.4 Å². The van der Waals surface area contributed by atoms with Gasteiger partial charge in [-0.05, 0) is 35.9 Å². The van der Waals surface area contributed by atoms with Crippen LogP contribution in [0.4, 0.5) is 14.5 Å². The van der Waals surface area contributed by atoms with E-state index in [1.54, 1.807) is 6.07 Å². The molecular weight excluding hydrogens is 232 g/mol. The molecule has 0 bridgehead atoms. The predicted molar refractivity (Wildman–Crippen MR) is 61.2 cm³/mol. The van der Waals surface area contributed by atoms with Gasteiger partial charge in [0.15, 0.2) is 0 Å². The van der Waals surface area contributed by atoms with Gasteiger partial charge in [0, 0.05) is 11.3 Å². The van der Waals surface area contributed by atoms with Crippen LogP contribution in [-0.4, -0.2) is 0 Å². The van der Waals surface area contributed by atoms with Crippen LogP contribution in [0.3, 0.4) is 0 Å². The molecule has 0 aromatic heterocycles. The maximum Gasteiger partial charge on any atom is 0.141 e. The zero-order valence-corrected chi connectivity index (χ0v) is 8.93. The van der Waals surface area contributed by atoms with E-state index in [0.717, 1.165) is 0 Å². The Morgan fingerprint density at radius 1 is 1.00 bits per heavy atom. The Morgan fingerprint density at radius 3 is 2.38 bits per heavy atom. The minimum absolute atomic E-state index is 0.0150. The third-order valence-electron chi connectivity index (χ3n) is 2.24. The number of nitrogens with two attached hydrogens (primary N) is 1. The van der Waals surface area contributed by atoms with Gasteiger partial charge in [-0.15, -0.1) is 0 Å². The normalized spacial score (nSPS) is 10.4. The highest BCUT2D eigenvalue weighted by Crippen LogP contribution is 2.29. The molecule has 0 unspecified atom stereocenters. The first-order valence-corrected chi connectivity index (χ1v) is 4.96. The first-order valence-electron chi connectivity index (χ1n) is 4.58. The van der Waals surface area contributed by atoms with Crippen molar-refractivity contribution in [1.82, 2.24) is 0 Å². The lowest BCUT2D eigenvalue weighted by atomic mass is 10.0. The Morgan fingerprint density at radius 2 is 1.75 bits per heavy atom. The molecule has 0 fully saturated rings. The van der Waals surface area contributed by atoms with Gasteiger partial charge < -0.3 is 5.73 Å². The summed E-state index contributed by atoms with van der Waals surface area (Å²) in [5, 5.41) is 0.0150. The molecular formula is C12H8ClF2N. The highest BCUT2D eigenvalue weighted by molar-refractivity contribution is 6.31. The fraction of sp³-hybridized carbons (Fsp3) is 0. The van der Waals surface area contributed by atoms with E-state index in [9.17, 15) is 8.78 Å². The molecule has 0 aliphatic carbocycles. The van der Waals surface area contributed by atoms with Crippen molar-refractivity contribution in [3.8, 4) is 11.1 Å². The molecule has 4 heteroatoms. The van der Waals surface area contributed by atoms with Crippen molar-refractivity contribution in [3.05, 3.63) is 53.1 Å². The van der Waals surface area contributed by atoms with Gasteiger partial charge in [0.2, 0.25) is 0 Å². The minimum atomic E-state index is -0.494. The van der Waals surface area contributed by atoms with E-state index in [4.69, 9.17) is 17.3 Å². The third kappa shape index (κ3) is 1.99. The van der Waals surface area contributed by atoms with Crippen molar-refractivity contribution in [3.63, 3.8) is 0 Å². The van der Waals surface area contributed by atoms with E-state index >= 15 is 0 Å². The molecule has 2 N–H and O–H groups in total. The van der Waals surface area contributed by atoms with Gasteiger partial charge in [-0.1, -0.05) is 17.7 Å². The van der Waals surface area contributed by atoms with Crippen LogP contribution in [0.5, 0.6) is 0 Å². The smallest absolute Gasteiger partial charge is 0.141 e. The molecule has 0 saturated carbocycles. The molecule has 0 radical (unpaired) electrons. The Labute approximate surface area is 96.5 Å². The van der Waals surface area contributed by atoms with Crippen LogP contribution in [-0.2, 0) is 0 Å². The summed E-state index contributed by atoms with van der Waals surface area (Å²) in [5.74, 6) is -0.902. The van der Waals surface area contributed by atoms with Crippen LogP contribution in [0.2, 0.25) is 5.02 Å². The van der Waals surface area contributed by atoms with E-state index in [2.05, 4.69) is 0 Å². The number of anilines is 1. The van der Waals surface area contributed by atoms with Crippen molar-refractivity contribution in [2.75, 3.05) is 5.73 Å². The van der Waals surface area contributed by atoms with Crippen molar-refractivity contribution in [2.45, 2.75) is 0 Å². The second kappa shape index (κ2) is 4.10. The van der Waals surface area contributed by atoms with E-state index in [1.807, 2.05) is 0 Å². The Bertz CT molecular complexity index is 541. The molecule has 0 aliphatic heterocycles. The lowest BCUT2D eigenvalue weighted by Crippen LogP contribution is -1.91. The highest BCUT2D eigenvalue weighted by atomic mass is 35.5. The molecule has 2 aromatic carbocycles. The lowest BCUT2D eigenvalue weighted by Gasteiger charge is -2.06. The number of benzene rings is 2. The second-order valence-electron chi connectivity index (χ2n) is 3.36. The third-order valence-corrected chi connectivity index (χ3v) is 2.53. The van der Waals surface area contributed by atoms with Crippen LogP contribution < -0.4 is 5.73 Å². The first-order chi connectivity index (χ1) is 7.58. The van der Waals surface area contributed by atoms with Gasteiger partial charge >= 0.3 is 0 Å². The molecule has 0 spiro atoms. The van der Waals surface area contributed by atoms with Gasteiger partial charge in [-0.25, -0.2) is 8.78 Å². The molecule has 2 aromatic rings. The van der Waals surface area contributed by atoms with E-state index in [0.29, 0.717) is 16.8 Å². The van der Waals surface area contributed by atoms with Crippen LogP contribution in [0.25, 0.3) is 11.1 Å². The maximum absolute atomic E-state index is 13.0. The van der Waals surface area contributed by atoms with Gasteiger partial charge in [-0.3, -0.25) is 0 Å². The van der Waals surface area contributed by atoms with Crippen molar-refractivity contribution in [2.24, 2.45) is 0 Å². The number of rotatable bonds is 1. The molecule has 0 amide bonds. The summed E-state index contributed by atoms with van der Waals surface area (Å²) in [6.07, 6.45) is 0. The standard InChI is InChI=1S/C12H8ClF2N/c13-10-5-7(1-4-11(10)15)9-3-2-8(14)6-12(9)16/h1-6H,16H2. The maximum atomic E-state index is 13.0. The Balaban J connectivity index is 2.54. The summed E-state index contributed by atoms with van der Waals surface area (Å²) in [7, 11) is 0. The fourth-order valence-electron chi connectivity index (χ4n) is 1.46. The lowest BCUT2D eigenvalue weighted by molar-refractivity contribution is 0.627. The first kappa shape index (κ1) is 10.9. The van der Waals surface area contributed by atoms with Gasteiger partial charge in [0.25, 0.3) is 0 Å². The molecule has 0 atom stereocenters. The summed E-state index contributed by atoms with van der Waals surface area (Å²) >= 11 is 5.66. The van der Waals surface area contributed by atoms with Crippen molar-refractivity contribution in [1.29, 1.82) is 0 Å². The molecule has 2 rings (SSSR count). The molecule has 82 valence electrons. The molecule has 16 heavy (non-hydrogen) atoms. The number of hydrogen-bond donors (Lipinski definition) is 1. The topological polar surface area (TPSA) is 26.0 Å². The second-order valence-corrected chi connectivity index (χ2v) is 3.77. The minimum Gasteiger partial charge on any atom is -0.398 e. The molecule has 0 heterocycles. The van der Waals surface area contributed by atoms with Gasteiger partial charge in [-0.2, -0.15) is 0 Å². The van der Waals surface area contributed by atoms with E-state index in [-0.39, 0.29) is 5.02 Å². The van der Waals surface area contributed by atoms with E-state index < -0.39 is 11.6 Å². The number of nitrogen functional groups attached to an aromatic ring is 1. The Kier molecular flexibility index (Phi) is 2.79. The van der Waals surface area contributed by atoms with Crippen molar-refractivity contribution < 1.29 is 8.78 Å². The Hall–Kier alpha value is -1.61. The SMILES string of the molecule is Nc1cc(F)ccc1-c1ccc(F)c(Cl)c1.